The van der Waals surface area contributed by atoms with Crippen LogP contribution in [-0.4, -0.2) is 44.1 Å². The van der Waals surface area contributed by atoms with Crippen LogP contribution in [0.3, 0.4) is 0 Å². The maximum absolute atomic E-state index is 4.86. The first-order valence-electron chi connectivity index (χ1n) is 12.2. The second-order valence-corrected chi connectivity index (χ2v) is 11.3. The summed E-state index contributed by atoms with van der Waals surface area (Å²) in [6.45, 7) is 4.47. The molecule has 7 nitrogen and oxygen atoms in total. The molecular formula is C25H30IN7. The topological polar surface area (TPSA) is 71.8 Å². The molecule has 0 amide bonds. The monoisotopic (exact) mass is 555 g/mol. The van der Waals surface area contributed by atoms with E-state index in [9.17, 15) is 0 Å². The van der Waals surface area contributed by atoms with Crippen molar-refractivity contribution < 1.29 is 0 Å². The quantitative estimate of drug-likeness (QED) is 0.462. The van der Waals surface area contributed by atoms with Crippen LogP contribution in [0, 0.1) is 8.99 Å². The maximum Gasteiger partial charge on any atom is 0.145 e. The zero-order valence-corrected chi connectivity index (χ0v) is 21.2. The van der Waals surface area contributed by atoms with E-state index in [-0.39, 0.29) is 6.04 Å². The van der Waals surface area contributed by atoms with E-state index in [0.717, 1.165) is 42.4 Å². The van der Waals surface area contributed by atoms with Crippen LogP contribution in [-0.2, 0) is 0 Å². The molecule has 1 aromatic carbocycles. The lowest BCUT2D eigenvalue weighted by Gasteiger charge is -2.35. The molecule has 2 aromatic heterocycles. The number of anilines is 1. The maximum atomic E-state index is 4.86. The molecule has 0 bridgehead atoms. The zero-order chi connectivity index (χ0) is 22.4. The van der Waals surface area contributed by atoms with Crippen LogP contribution < -0.4 is 10.2 Å². The van der Waals surface area contributed by atoms with Gasteiger partial charge in [0.25, 0.3) is 0 Å². The number of halogens is 1. The van der Waals surface area contributed by atoms with Crippen molar-refractivity contribution >= 4 is 28.3 Å². The highest BCUT2D eigenvalue weighted by molar-refractivity contribution is 14.1. The fraction of sp³-hybridized carbons (Fsp3) is 0.520. The predicted molar refractivity (Wildman–Crippen MR) is 137 cm³/mol. The number of benzene rings is 1. The summed E-state index contributed by atoms with van der Waals surface area (Å²) in [5.41, 5.74) is 4.60. The van der Waals surface area contributed by atoms with Crippen molar-refractivity contribution in [2.24, 2.45) is 5.41 Å². The van der Waals surface area contributed by atoms with Crippen molar-refractivity contribution in [2.45, 2.75) is 64.0 Å². The second-order valence-electron chi connectivity index (χ2n) is 10.0. The average Bonchev–Trinajstić information content (AvgIpc) is 3.40. The molecule has 4 heterocycles. The number of rotatable bonds is 4. The van der Waals surface area contributed by atoms with Gasteiger partial charge < -0.3 is 10.2 Å². The molecule has 2 aliphatic heterocycles. The highest BCUT2D eigenvalue weighted by Crippen LogP contribution is 2.54. The highest BCUT2D eigenvalue weighted by atomic mass is 127. The molecule has 3 aliphatic rings. The van der Waals surface area contributed by atoms with Crippen LogP contribution in [0.5, 0.6) is 0 Å². The summed E-state index contributed by atoms with van der Waals surface area (Å²) in [6.07, 6.45) is 12.8. The van der Waals surface area contributed by atoms with E-state index in [1.807, 2.05) is 23.1 Å². The van der Waals surface area contributed by atoms with Crippen LogP contribution in [0.25, 0.3) is 17.1 Å². The number of nitrogens with zero attached hydrogens (tertiary/aromatic N) is 6. The Kier molecular flexibility index (Phi) is 5.60. The molecule has 2 saturated heterocycles. The molecular weight excluding hydrogens is 525 g/mol. The Labute approximate surface area is 208 Å². The molecule has 2 atom stereocenters. The van der Waals surface area contributed by atoms with Gasteiger partial charge in [0.1, 0.15) is 11.5 Å². The Balaban J connectivity index is 1.27. The van der Waals surface area contributed by atoms with Crippen LogP contribution in [0.1, 0.15) is 63.7 Å². The van der Waals surface area contributed by atoms with E-state index < -0.39 is 0 Å². The average molecular weight is 555 g/mol. The highest BCUT2D eigenvalue weighted by Gasteiger charge is 2.44. The normalized spacial score (nSPS) is 24.2. The summed E-state index contributed by atoms with van der Waals surface area (Å²) < 4.78 is 3.15. The molecule has 2 unspecified atom stereocenters. The van der Waals surface area contributed by atoms with Crippen molar-refractivity contribution in [3.05, 3.63) is 46.1 Å². The Bertz CT molecular complexity index is 1150. The van der Waals surface area contributed by atoms with E-state index in [4.69, 9.17) is 4.98 Å². The second kappa shape index (κ2) is 8.61. The number of piperidine rings is 2. The van der Waals surface area contributed by atoms with E-state index in [1.165, 1.54) is 47.8 Å². The molecule has 33 heavy (non-hydrogen) atoms. The molecule has 3 fully saturated rings. The largest absolute Gasteiger partial charge is 0.370 e. The molecule has 172 valence electrons. The first kappa shape index (κ1) is 21.5. The minimum Gasteiger partial charge on any atom is -0.370 e. The summed E-state index contributed by atoms with van der Waals surface area (Å²) in [7, 11) is 0. The van der Waals surface area contributed by atoms with Gasteiger partial charge in [-0.2, -0.15) is 0 Å². The third kappa shape index (κ3) is 4.39. The Morgan fingerprint density at radius 2 is 1.88 bits per heavy atom. The molecule has 8 heteroatoms. The van der Waals surface area contributed by atoms with Crippen LogP contribution >= 0.6 is 22.6 Å². The summed E-state index contributed by atoms with van der Waals surface area (Å²) >= 11 is 2.40. The molecule has 0 radical (unpaired) electrons. The van der Waals surface area contributed by atoms with Gasteiger partial charge in [-0.25, -0.2) is 14.6 Å². The minimum atomic E-state index is 0.209. The summed E-state index contributed by atoms with van der Waals surface area (Å²) in [5, 5.41) is 12.6. The lowest BCUT2D eigenvalue weighted by molar-refractivity contribution is 0.331. The van der Waals surface area contributed by atoms with Gasteiger partial charge in [-0.3, -0.25) is 0 Å². The summed E-state index contributed by atoms with van der Waals surface area (Å²) in [5.74, 6) is 0.853. The van der Waals surface area contributed by atoms with Crippen molar-refractivity contribution in [1.82, 2.24) is 30.3 Å². The van der Waals surface area contributed by atoms with Gasteiger partial charge in [0.15, 0.2) is 0 Å². The van der Waals surface area contributed by atoms with Crippen molar-refractivity contribution in [3.63, 3.8) is 0 Å². The Morgan fingerprint density at radius 3 is 2.67 bits per heavy atom. The molecule has 1 saturated carbocycles. The minimum absolute atomic E-state index is 0.209. The molecule has 3 aromatic rings. The van der Waals surface area contributed by atoms with E-state index >= 15 is 0 Å². The predicted octanol–water partition coefficient (Wildman–Crippen LogP) is 4.91. The van der Waals surface area contributed by atoms with Crippen molar-refractivity contribution in [1.29, 1.82) is 0 Å². The van der Waals surface area contributed by atoms with Crippen LogP contribution in [0.15, 0.2) is 36.7 Å². The Hall–Kier alpha value is -2.07. The molecule has 6 rings (SSSR count). The summed E-state index contributed by atoms with van der Waals surface area (Å²) in [4.78, 5) is 11.9. The fourth-order valence-electron chi connectivity index (χ4n) is 5.37. The standard InChI is InChI=1S/C25H30IN7/c1-17-3-2-4-20(28-17)24-27-12-7-19(29-24)21-16-33(31-30-21)22-6-5-18(26)15-23(22)32-13-10-25(8-9-25)11-14-32/h5-7,12,15-17,20,28H,2-4,8-11,13-14H2,1H3. The SMILES string of the molecule is CC1CCCC(c2nccc(-c3cn(-c4ccc(I)cc4N4CCC5(CC4)CC5)nn3)n2)N1. The molecule has 1 spiro atoms. The van der Waals surface area contributed by atoms with Gasteiger partial charge in [-0.05, 0) is 104 Å². The van der Waals surface area contributed by atoms with E-state index in [0.29, 0.717) is 11.5 Å². The molecule has 1 N–H and O–H groups in total. The van der Waals surface area contributed by atoms with Crippen molar-refractivity contribution in [3.8, 4) is 17.1 Å². The third-order valence-corrected chi connectivity index (χ3v) is 8.33. The van der Waals surface area contributed by atoms with Gasteiger partial charge in [0.2, 0.25) is 0 Å². The molecule has 1 aliphatic carbocycles. The number of hydrogen-bond donors (Lipinski definition) is 1. The summed E-state index contributed by atoms with van der Waals surface area (Å²) in [6, 6.07) is 9.22. The zero-order valence-electron chi connectivity index (χ0n) is 19.0. The van der Waals surface area contributed by atoms with Crippen molar-refractivity contribution in [2.75, 3.05) is 18.0 Å². The van der Waals surface area contributed by atoms with Gasteiger partial charge in [0, 0.05) is 28.9 Å². The van der Waals surface area contributed by atoms with Gasteiger partial charge in [-0.15, -0.1) is 5.10 Å². The van der Waals surface area contributed by atoms with E-state index in [1.54, 1.807) is 0 Å². The lowest BCUT2D eigenvalue weighted by Crippen LogP contribution is -2.35. The smallest absolute Gasteiger partial charge is 0.145 e. The van der Waals surface area contributed by atoms with Gasteiger partial charge in [0.05, 0.1) is 29.3 Å². The van der Waals surface area contributed by atoms with E-state index in [2.05, 4.69) is 73.2 Å². The first-order valence-corrected chi connectivity index (χ1v) is 13.2. The fourth-order valence-corrected chi connectivity index (χ4v) is 5.84. The van der Waals surface area contributed by atoms with Gasteiger partial charge in [-0.1, -0.05) is 5.21 Å². The number of nitrogens with one attached hydrogen (secondary N) is 1. The number of hydrogen-bond acceptors (Lipinski definition) is 6. The lowest BCUT2D eigenvalue weighted by atomic mass is 9.93. The Morgan fingerprint density at radius 1 is 1.03 bits per heavy atom. The van der Waals surface area contributed by atoms with Gasteiger partial charge >= 0.3 is 0 Å². The first-order chi connectivity index (χ1) is 16.1. The third-order valence-electron chi connectivity index (χ3n) is 7.66. The van der Waals surface area contributed by atoms with Crippen LogP contribution in [0.4, 0.5) is 5.69 Å². The number of aromatic nitrogens is 5. The van der Waals surface area contributed by atoms with Crippen LogP contribution in [0.2, 0.25) is 0 Å².